The number of nitrogens with zero attached hydrogens (tertiary/aromatic N) is 1. The molecule has 4 nitrogen and oxygen atoms in total. The maximum atomic E-state index is 12.7. The van der Waals surface area contributed by atoms with E-state index in [0.29, 0.717) is 18.7 Å². The molecule has 2 aromatic rings. The molecule has 1 aliphatic rings. The van der Waals surface area contributed by atoms with Crippen LogP contribution in [-0.4, -0.2) is 29.8 Å². The van der Waals surface area contributed by atoms with Gasteiger partial charge in [0.05, 0.1) is 5.92 Å². The molecule has 21 heavy (non-hydrogen) atoms. The Morgan fingerprint density at radius 1 is 1.10 bits per heavy atom. The summed E-state index contributed by atoms with van der Waals surface area (Å²) in [6.07, 6.45) is 0. The maximum Gasteiger partial charge on any atom is 0.254 e. The van der Waals surface area contributed by atoms with E-state index in [1.165, 1.54) is 0 Å². The first kappa shape index (κ1) is 13.6. The minimum absolute atomic E-state index is 0.0256. The van der Waals surface area contributed by atoms with Gasteiger partial charge in [-0.05, 0) is 22.8 Å². The number of amides is 2. The molecule has 2 atom stereocenters. The number of hydrogen-bond donors (Lipinski definition) is 1. The summed E-state index contributed by atoms with van der Waals surface area (Å²) in [6, 6.07) is 13.5. The molecule has 108 valence electrons. The van der Waals surface area contributed by atoms with Gasteiger partial charge in [-0.1, -0.05) is 43.3 Å². The van der Waals surface area contributed by atoms with Crippen molar-refractivity contribution in [2.75, 3.05) is 13.1 Å². The Kier molecular flexibility index (Phi) is 3.37. The van der Waals surface area contributed by atoms with Crippen LogP contribution in [0.4, 0.5) is 0 Å². The topological polar surface area (TPSA) is 63.4 Å². The molecule has 2 N–H and O–H groups in total. The number of fused-ring (bicyclic) bond motifs is 1. The lowest BCUT2D eigenvalue weighted by molar-refractivity contribution is -0.122. The van der Waals surface area contributed by atoms with Gasteiger partial charge in [-0.25, -0.2) is 0 Å². The van der Waals surface area contributed by atoms with Crippen LogP contribution < -0.4 is 5.73 Å². The highest BCUT2D eigenvalue weighted by atomic mass is 16.2. The highest BCUT2D eigenvalue weighted by Gasteiger charge is 2.36. The molecule has 0 bridgehead atoms. The second kappa shape index (κ2) is 5.20. The lowest BCUT2D eigenvalue weighted by Crippen LogP contribution is -2.32. The molecule has 0 spiro atoms. The summed E-state index contributed by atoms with van der Waals surface area (Å²) in [4.78, 5) is 25.9. The summed E-state index contributed by atoms with van der Waals surface area (Å²) in [5, 5.41) is 1.99. The lowest BCUT2D eigenvalue weighted by atomic mass is 9.98. The van der Waals surface area contributed by atoms with Crippen LogP contribution in [0, 0.1) is 11.8 Å². The normalized spacial score (nSPS) is 21.7. The van der Waals surface area contributed by atoms with E-state index in [-0.39, 0.29) is 23.7 Å². The van der Waals surface area contributed by atoms with Gasteiger partial charge in [0, 0.05) is 18.7 Å². The molecule has 0 aromatic heterocycles. The van der Waals surface area contributed by atoms with Crippen molar-refractivity contribution in [3.8, 4) is 0 Å². The monoisotopic (exact) mass is 282 g/mol. The number of carbonyl (C=O) groups is 2. The van der Waals surface area contributed by atoms with Crippen LogP contribution in [-0.2, 0) is 4.79 Å². The van der Waals surface area contributed by atoms with Crippen LogP contribution in [0.5, 0.6) is 0 Å². The van der Waals surface area contributed by atoms with Crippen molar-refractivity contribution in [3.05, 3.63) is 48.0 Å². The Morgan fingerprint density at radius 3 is 2.52 bits per heavy atom. The molecule has 4 heteroatoms. The minimum atomic E-state index is -0.323. The van der Waals surface area contributed by atoms with Crippen molar-refractivity contribution in [1.29, 1.82) is 0 Å². The maximum absolute atomic E-state index is 12.7. The second-order valence-corrected chi connectivity index (χ2v) is 5.72. The fourth-order valence-corrected chi connectivity index (χ4v) is 3.09. The van der Waals surface area contributed by atoms with E-state index in [4.69, 9.17) is 5.73 Å². The highest BCUT2D eigenvalue weighted by molar-refractivity contribution is 6.07. The van der Waals surface area contributed by atoms with Gasteiger partial charge in [0.25, 0.3) is 5.91 Å². The van der Waals surface area contributed by atoms with E-state index in [9.17, 15) is 9.59 Å². The van der Waals surface area contributed by atoms with Crippen molar-refractivity contribution < 1.29 is 9.59 Å². The van der Waals surface area contributed by atoms with Gasteiger partial charge in [-0.3, -0.25) is 9.59 Å². The summed E-state index contributed by atoms with van der Waals surface area (Å²) in [5.74, 6) is -0.483. The summed E-state index contributed by atoms with van der Waals surface area (Å²) < 4.78 is 0. The first-order chi connectivity index (χ1) is 10.1. The van der Waals surface area contributed by atoms with Crippen molar-refractivity contribution in [2.24, 2.45) is 17.6 Å². The van der Waals surface area contributed by atoms with Crippen LogP contribution in [0.1, 0.15) is 17.3 Å². The average molecular weight is 282 g/mol. The third-order valence-corrected chi connectivity index (χ3v) is 4.29. The first-order valence-corrected chi connectivity index (χ1v) is 7.14. The van der Waals surface area contributed by atoms with Crippen molar-refractivity contribution in [2.45, 2.75) is 6.92 Å². The van der Waals surface area contributed by atoms with Crippen LogP contribution >= 0.6 is 0 Å². The molecule has 1 saturated heterocycles. The quantitative estimate of drug-likeness (QED) is 0.916. The Bertz CT molecular complexity index is 706. The zero-order valence-electron chi connectivity index (χ0n) is 12.0. The fourth-order valence-electron chi connectivity index (χ4n) is 3.09. The van der Waals surface area contributed by atoms with Gasteiger partial charge in [0.2, 0.25) is 5.91 Å². The molecule has 1 fully saturated rings. The zero-order chi connectivity index (χ0) is 15.0. The Labute approximate surface area is 123 Å². The van der Waals surface area contributed by atoms with Crippen molar-refractivity contribution >= 4 is 22.6 Å². The zero-order valence-corrected chi connectivity index (χ0v) is 12.0. The van der Waals surface area contributed by atoms with Gasteiger partial charge < -0.3 is 10.6 Å². The number of benzene rings is 2. The van der Waals surface area contributed by atoms with Gasteiger partial charge in [0.1, 0.15) is 0 Å². The van der Waals surface area contributed by atoms with E-state index in [1.807, 2.05) is 49.4 Å². The van der Waals surface area contributed by atoms with Gasteiger partial charge >= 0.3 is 0 Å². The van der Waals surface area contributed by atoms with E-state index in [1.54, 1.807) is 4.90 Å². The number of carbonyl (C=O) groups excluding carboxylic acids is 2. The molecule has 2 aromatic carbocycles. The fraction of sp³-hybridized carbons (Fsp3) is 0.294. The molecule has 1 aliphatic heterocycles. The molecule has 0 radical (unpaired) electrons. The van der Waals surface area contributed by atoms with Gasteiger partial charge in [0.15, 0.2) is 0 Å². The van der Waals surface area contributed by atoms with Crippen molar-refractivity contribution in [3.63, 3.8) is 0 Å². The third kappa shape index (κ3) is 2.37. The van der Waals surface area contributed by atoms with Crippen LogP contribution in [0.25, 0.3) is 10.8 Å². The SMILES string of the molecule is C[C@@H]1CN(C(=O)c2cccc3ccccc23)C[C@H]1C(N)=O. The van der Waals surface area contributed by atoms with Crippen molar-refractivity contribution in [1.82, 2.24) is 4.90 Å². The first-order valence-electron chi connectivity index (χ1n) is 7.14. The summed E-state index contributed by atoms with van der Waals surface area (Å²) in [5.41, 5.74) is 6.09. The highest BCUT2D eigenvalue weighted by Crippen LogP contribution is 2.26. The smallest absolute Gasteiger partial charge is 0.254 e. The molecule has 1 heterocycles. The van der Waals surface area contributed by atoms with E-state index in [2.05, 4.69) is 0 Å². The second-order valence-electron chi connectivity index (χ2n) is 5.72. The summed E-state index contributed by atoms with van der Waals surface area (Å²) in [6.45, 7) is 2.96. The molecular weight excluding hydrogens is 264 g/mol. The predicted octanol–water partition coefficient (Wildman–Crippen LogP) is 2.03. The van der Waals surface area contributed by atoms with E-state index >= 15 is 0 Å². The number of primary amides is 1. The van der Waals surface area contributed by atoms with Crippen LogP contribution in [0.2, 0.25) is 0 Å². The molecule has 0 aliphatic carbocycles. The number of nitrogens with two attached hydrogens (primary N) is 1. The Morgan fingerprint density at radius 2 is 1.81 bits per heavy atom. The molecule has 2 amide bonds. The van der Waals surface area contributed by atoms with Crippen LogP contribution in [0.3, 0.4) is 0 Å². The van der Waals surface area contributed by atoms with E-state index in [0.717, 1.165) is 10.8 Å². The summed E-state index contributed by atoms with van der Waals surface area (Å²) in [7, 11) is 0. The van der Waals surface area contributed by atoms with Gasteiger partial charge in [-0.2, -0.15) is 0 Å². The number of rotatable bonds is 2. The summed E-state index contributed by atoms with van der Waals surface area (Å²) >= 11 is 0. The Hall–Kier alpha value is -2.36. The Balaban J connectivity index is 1.93. The predicted molar refractivity (Wildman–Crippen MR) is 81.7 cm³/mol. The van der Waals surface area contributed by atoms with Crippen LogP contribution in [0.15, 0.2) is 42.5 Å². The van der Waals surface area contributed by atoms with E-state index < -0.39 is 0 Å². The average Bonchev–Trinajstić information content (AvgIpc) is 2.88. The van der Waals surface area contributed by atoms with Gasteiger partial charge in [-0.15, -0.1) is 0 Å². The largest absolute Gasteiger partial charge is 0.369 e. The number of likely N-dealkylation sites (tertiary alicyclic amines) is 1. The molecule has 3 rings (SSSR count). The third-order valence-electron chi connectivity index (χ3n) is 4.29. The standard InChI is InChI=1S/C17H18N2O2/c1-11-9-19(10-15(11)16(18)20)17(21)14-8-4-6-12-5-2-3-7-13(12)14/h2-8,11,15H,9-10H2,1H3,(H2,18,20)/t11-,15-/m1/s1. The lowest BCUT2D eigenvalue weighted by Gasteiger charge is -2.17. The molecular formula is C17H18N2O2. The molecule has 0 saturated carbocycles. The number of hydrogen-bond acceptors (Lipinski definition) is 2. The molecule has 0 unspecified atom stereocenters. The minimum Gasteiger partial charge on any atom is -0.369 e.